The van der Waals surface area contributed by atoms with Crippen molar-refractivity contribution in [1.82, 2.24) is 0 Å². The first-order valence-corrected chi connectivity index (χ1v) is 47.6. The van der Waals surface area contributed by atoms with Gasteiger partial charge in [-0.3, -0.25) is 0 Å². The van der Waals surface area contributed by atoms with Crippen LogP contribution in [0, 0.1) is 20.8 Å². The van der Waals surface area contributed by atoms with Gasteiger partial charge >= 0.3 is 7.82 Å². The summed E-state index contributed by atoms with van der Waals surface area (Å²) in [6, 6.07) is 0. The fraction of sp³-hybridized carbons (Fsp3) is 0.786. The third-order valence-electron chi connectivity index (χ3n) is 22.6. The molecule has 0 fully saturated rings. The van der Waals surface area contributed by atoms with Crippen molar-refractivity contribution in [3.63, 3.8) is 0 Å². The van der Waals surface area contributed by atoms with Gasteiger partial charge in [0.15, 0.2) is 25.0 Å². The van der Waals surface area contributed by atoms with Crippen molar-refractivity contribution >= 4 is 32.8 Å². The summed E-state index contributed by atoms with van der Waals surface area (Å²) >= 11 is 0. The molecule has 0 radical (unpaired) electrons. The monoisotopic (exact) mass is 1440 g/mol. The van der Waals surface area contributed by atoms with Crippen molar-refractivity contribution in [2.24, 2.45) is 0 Å². The molecular weight excluding hydrogens is 1280 g/mol. The second-order valence-electron chi connectivity index (χ2n) is 42.0. The van der Waals surface area contributed by atoms with Crippen molar-refractivity contribution in [2.75, 3.05) is 39.6 Å². The van der Waals surface area contributed by atoms with Gasteiger partial charge in [-0.25, -0.2) is 0 Å². The minimum absolute atomic E-state index is 0.0252. The SMILES string of the molecule is Cc1c(C(C)(C)C)c(CCO)c(C(C)(C)C)c(OP(=O)(Oc2c(C(C)(C)C)c(CCO)c(C(C)(C)C)c(C)c2C(C)(C)CCO[Si](C)(C)C(C)(C)C)Oc2c(C(C)(C)C)c(CCO)c(C(C)(C)C)c(C)c2C(C)(C)CCO[Si](C)(C)C(C)(C)C)c1C(C)(C)CCO[Si](C)(C)C(C)(C)C. The highest BCUT2D eigenvalue weighted by Crippen LogP contribution is 2.63. The molecule has 3 rings (SSSR count). The molecule has 0 amide bonds. The van der Waals surface area contributed by atoms with Gasteiger partial charge in [0.2, 0.25) is 0 Å². The van der Waals surface area contributed by atoms with Gasteiger partial charge in [0.25, 0.3) is 0 Å². The molecule has 0 spiro atoms. The van der Waals surface area contributed by atoms with E-state index in [1.165, 1.54) is 0 Å². The molecule has 0 atom stereocenters. The topological polar surface area (TPSA) is 133 Å². The van der Waals surface area contributed by atoms with Crippen LogP contribution in [0.15, 0.2) is 0 Å². The van der Waals surface area contributed by atoms with Crippen LogP contribution in [0.25, 0.3) is 0 Å². The fourth-order valence-corrected chi connectivity index (χ4v) is 19.5. The van der Waals surface area contributed by atoms with E-state index in [-0.39, 0.29) is 34.9 Å². The predicted octanol–water partition coefficient (Wildman–Crippen LogP) is 23.7. The Kier molecular flexibility index (Phi) is 27.8. The molecule has 0 unspecified atom stereocenters. The quantitative estimate of drug-likeness (QED) is 0.0500. The van der Waals surface area contributed by atoms with Crippen LogP contribution in [-0.2, 0) is 85.8 Å². The molecule has 3 N–H and O–H groups in total. The molecule has 3 aromatic carbocycles. The van der Waals surface area contributed by atoms with Crippen molar-refractivity contribution < 1.29 is 46.7 Å². The van der Waals surface area contributed by atoms with Gasteiger partial charge in [-0.15, -0.1) is 0 Å². The number of benzene rings is 3. The lowest BCUT2D eigenvalue weighted by Crippen LogP contribution is -2.41. The van der Waals surface area contributed by atoms with E-state index in [1.807, 2.05) is 0 Å². The Morgan fingerprint density at radius 2 is 0.469 bits per heavy atom. The normalized spacial score (nSPS) is 14.6. The van der Waals surface area contributed by atoms with Crippen LogP contribution in [0.1, 0.15) is 331 Å². The Morgan fingerprint density at radius 1 is 0.296 bits per heavy atom. The van der Waals surface area contributed by atoms with Crippen molar-refractivity contribution in [1.29, 1.82) is 0 Å². The van der Waals surface area contributed by atoms with E-state index >= 15 is 4.57 Å². The minimum atomic E-state index is -5.29. The summed E-state index contributed by atoms with van der Waals surface area (Å²) in [6.07, 6.45) is 2.79. The summed E-state index contributed by atoms with van der Waals surface area (Å²) in [6.45, 7) is 95.7. The van der Waals surface area contributed by atoms with Crippen LogP contribution in [-0.4, -0.2) is 79.9 Å². The lowest BCUT2D eigenvalue weighted by molar-refractivity contribution is 0.242. The molecule has 10 nitrogen and oxygen atoms in total. The van der Waals surface area contributed by atoms with Gasteiger partial charge in [0, 0.05) is 73.0 Å². The molecule has 14 heteroatoms. The summed E-state index contributed by atoms with van der Waals surface area (Å²) in [5, 5.41) is 34.3. The minimum Gasteiger partial charge on any atom is -0.417 e. The summed E-state index contributed by atoms with van der Waals surface area (Å²) in [4.78, 5) is 0. The number of aliphatic hydroxyl groups is 3. The zero-order valence-electron chi connectivity index (χ0n) is 71.6. The predicted molar refractivity (Wildman–Crippen MR) is 430 cm³/mol. The van der Waals surface area contributed by atoms with Crippen molar-refractivity contribution in [3.8, 4) is 17.2 Å². The third kappa shape index (κ3) is 20.4. The maximum absolute atomic E-state index is 19.1. The van der Waals surface area contributed by atoms with Gasteiger partial charge in [-0.1, -0.05) is 228 Å². The first-order valence-electron chi connectivity index (χ1n) is 37.4. The maximum atomic E-state index is 19.1. The molecule has 0 aromatic heterocycles. The van der Waals surface area contributed by atoms with Gasteiger partial charge in [0.1, 0.15) is 17.2 Å². The van der Waals surface area contributed by atoms with Crippen molar-refractivity contribution in [2.45, 2.75) is 391 Å². The van der Waals surface area contributed by atoms with Gasteiger partial charge < -0.3 is 42.2 Å². The zero-order chi connectivity index (χ0) is 77.1. The molecule has 0 aliphatic carbocycles. The number of hydrogen-bond donors (Lipinski definition) is 3. The molecule has 0 aliphatic heterocycles. The van der Waals surface area contributed by atoms with Crippen LogP contribution in [0.3, 0.4) is 0 Å². The van der Waals surface area contributed by atoms with E-state index in [2.05, 4.69) is 289 Å². The molecular formula is C84H153O10PSi3. The largest absolute Gasteiger partial charge is 0.647 e. The average Bonchev–Trinajstić information content (AvgIpc) is 0.724. The van der Waals surface area contributed by atoms with Crippen LogP contribution in [0.2, 0.25) is 54.4 Å². The first-order chi connectivity index (χ1) is 43.3. The molecule has 0 heterocycles. The molecule has 0 aliphatic rings. The second-order valence-corrected chi connectivity index (χ2v) is 57.9. The number of rotatable bonds is 27. The van der Waals surface area contributed by atoms with Crippen LogP contribution < -0.4 is 13.6 Å². The van der Waals surface area contributed by atoms with E-state index in [0.29, 0.717) is 75.6 Å². The third-order valence-corrected chi connectivity index (χ3v) is 37.5. The van der Waals surface area contributed by atoms with E-state index in [9.17, 15) is 15.3 Å². The van der Waals surface area contributed by atoms with Gasteiger partial charge in [0.05, 0.1) is 0 Å². The highest BCUT2D eigenvalue weighted by atomic mass is 31.2. The van der Waals surface area contributed by atoms with Gasteiger partial charge in [-0.05, 0) is 212 Å². The highest BCUT2D eigenvalue weighted by molar-refractivity contribution is 7.49. The molecule has 3 aromatic rings. The van der Waals surface area contributed by atoms with E-state index < -0.39 is 81.5 Å². The second kappa shape index (κ2) is 30.3. The number of phosphoric ester groups is 1. The Bertz CT molecular complexity index is 2950. The molecule has 0 saturated carbocycles. The Balaban J connectivity index is 3.22. The highest BCUT2D eigenvalue weighted by Gasteiger charge is 2.51. The Morgan fingerprint density at radius 3 is 0.612 bits per heavy atom. The van der Waals surface area contributed by atoms with Crippen LogP contribution >= 0.6 is 7.82 Å². The van der Waals surface area contributed by atoms with E-state index in [4.69, 9.17) is 26.8 Å². The number of phosphoric acid groups is 1. The summed E-state index contributed by atoms with van der Waals surface area (Å²) in [5.74, 6) is 1.27. The molecule has 0 saturated heterocycles. The summed E-state index contributed by atoms with van der Waals surface area (Å²) in [7, 11) is -12.0. The Hall–Kier alpha value is -2.30. The lowest BCUT2D eigenvalue weighted by Gasteiger charge is -2.43. The van der Waals surface area contributed by atoms with Crippen LogP contribution in [0.4, 0.5) is 0 Å². The van der Waals surface area contributed by atoms with Gasteiger partial charge in [-0.2, -0.15) is 4.57 Å². The van der Waals surface area contributed by atoms with E-state index in [0.717, 1.165) is 83.5 Å². The summed E-state index contributed by atoms with van der Waals surface area (Å²) in [5.41, 5.74) is 9.03. The zero-order valence-corrected chi connectivity index (χ0v) is 75.5. The summed E-state index contributed by atoms with van der Waals surface area (Å²) < 4.78 is 64.9. The average molecular weight is 1440 g/mol. The standard InChI is InChI=1S/C84H153O10PSi3/c1-55-61(73(4,5)6)58(43-49-85)67(76(13,14)15)70(64(55)82(31,32)46-52-89-96(37,38)79(22,23)24)92-95(88,93-71-65(83(33,34)47-53-90-97(39,40)80(25,26)27)56(2)62(74(7,8)9)59(44-50-86)68(71)77(16,17)18)94-72-66(84(35,36)48-54-91-98(41,42)81(28,29)30)57(3)63(75(10,11)12)60(45-51-87)69(72)78(19,20)21/h85-87H,43-54H2,1-42H3. The fourth-order valence-electron chi connectivity index (χ4n) is 15.1. The number of aliphatic hydroxyl groups excluding tert-OH is 3. The van der Waals surface area contributed by atoms with Crippen molar-refractivity contribution in [3.05, 3.63) is 83.5 Å². The smallest absolute Gasteiger partial charge is 0.417 e. The lowest BCUT2D eigenvalue weighted by atomic mass is 9.67. The first kappa shape index (κ1) is 89.9. The maximum Gasteiger partial charge on any atom is 0.647 e. The van der Waals surface area contributed by atoms with E-state index in [1.54, 1.807) is 0 Å². The Labute approximate surface area is 607 Å². The van der Waals surface area contributed by atoms with Crippen LogP contribution in [0.5, 0.6) is 17.2 Å². The molecule has 0 bridgehead atoms. The number of hydrogen-bond acceptors (Lipinski definition) is 10. The molecule has 98 heavy (non-hydrogen) atoms. The molecule has 566 valence electrons.